The molecule has 6 heteroatoms. The van der Waals surface area contributed by atoms with Crippen molar-refractivity contribution in [2.45, 2.75) is 32.2 Å². The summed E-state index contributed by atoms with van der Waals surface area (Å²) in [6.07, 6.45) is 2.22. The molecule has 0 aliphatic carbocycles. The van der Waals surface area contributed by atoms with Crippen LogP contribution in [0.25, 0.3) is 0 Å². The Labute approximate surface area is 193 Å². The van der Waals surface area contributed by atoms with E-state index in [1.165, 1.54) is 22.9 Å². The molecule has 1 aliphatic rings. The molecule has 0 fully saturated rings. The molecule has 172 valence electrons. The van der Waals surface area contributed by atoms with Crippen LogP contribution in [0.15, 0.2) is 66.7 Å². The fraction of sp³-hybridized carbons (Fsp3) is 0.296. The van der Waals surface area contributed by atoms with E-state index in [0.29, 0.717) is 24.4 Å². The number of hydrogen-bond donors (Lipinski definition) is 2. The predicted molar refractivity (Wildman–Crippen MR) is 129 cm³/mol. The minimum absolute atomic E-state index is 0.0767. The first-order valence-electron chi connectivity index (χ1n) is 11.4. The highest BCUT2D eigenvalue weighted by atomic mass is 19.1. The molecule has 1 aliphatic heterocycles. The van der Waals surface area contributed by atoms with Crippen LogP contribution in [0.1, 0.15) is 29.5 Å². The number of aliphatic carboxylic acids is 1. The summed E-state index contributed by atoms with van der Waals surface area (Å²) in [6.45, 7) is 3.05. The maximum absolute atomic E-state index is 14.3. The second-order valence-electron chi connectivity index (χ2n) is 8.22. The van der Waals surface area contributed by atoms with Crippen LogP contribution in [0.2, 0.25) is 0 Å². The standard InChI is InChI=1S/C27H29FN2O3/c28-25-18-22(13-11-20(25)12-14-27(31)32)29-19-21-6-4-10-26-24(21)9-5-15-30(26)16-17-33-23-7-2-1-3-8-23/h1-4,6-8,10-11,13,18,29H,5,9,12,14-17,19H2,(H,31,32). The SMILES string of the molecule is O=C(O)CCc1ccc(NCc2cccc3c2CCCN3CCOc2ccccc2)cc1F. The predicted octanol–water partition coefficient (Wildman–Crippen LogP) is 5.29. The first kappa shape index (κ1) is 22.6. The Hall–Kier alpha value is -3.54. The molecule has 0 bridgehead atoms. The van der Waals surface area contributed by atoms with E-state index in [9.17, 15) is 9.18 Å². The zero-order chi connectivity index (χ0) is 23.0. The van der Waals surface area contributed by atoms with E-state index in [1.54, 1.807) is 6.07 Å². The number of fused-ring (bicyclic) bond motifs is 1. The van der Waals surface area contributed by atoms with Gasteiger partial charge in [0.25, 0.3) is 0 Å². The average Bonchev–Trinajstić information content (AvgIpc) is 2.83. The van der Waals surface area contributed by atoms with Gasteiger partial charge in [-0.25, -0.2) is 4.39 Å². The number of carboxylic acids is 1. The van der Waals surface area contributed by atoms with Crippen molar-refractivity contribution >= 4 is 17.3 Å². The Bertz CT molecular complexity index is 1090. The van der Waals surface area contributed by atoms with Crippen LogP contribution in [0.3, 0.4) is 0 Å². The molecule has 4 rings (SSSR count). The smallest absolute Gasteiger partial charge is 0.303 e. The summed E-state index contributed by atoms with van der Waals surface area (Å²) in [5.41, 5.74) is 4.89. The molecule has 0 atom stereocenters. The number of nitrogens with one attached hydrogen (secondary N) is 1. The third-order valence-electron chi connectivity index (χ3n) is 5.96. The summed E-state index contributed by atoms with van der Waals surface area (Å²) in [5, 5.41) is 12.1. The highest BCUT2D eigenvalue weighted by Gasteiger charge is 2.19. The number of carbonyl (C=O) groups is 1. The molecule has 3 aromatic carbocycles. The van der Waals surface area contributed by atoms with E-state index in [1.807, 2.05) is 36.4 Å². The van der Waals surface area contributed by atoms with Crippen molar-refractivity contribution < 1.29 is 19.0 Å². The van der Waals surface area contributed by atoms with E-state index in [0.717, 1.165) is 31.7 Å². The normalized spacial score (nSPS) is 12.8. The molecule has 0 saturated heterocycles. The minimum atomic E-state index is -0.925. The molecular formula is C27H29FN2O3. The fourth-order valence-electron chi connectivity index (χ4n) is 4.26. The van der Waals surface area contributed by atoms with Gasteiger partial charge in [0.15, 0.2) is 0 Å². The molecule has 3 aromatic rings. The van der Waals surface area contributed by atoms with Crippen molar-refractivity contribution in [2.75, 3.05) is 29.9 Å². The van der Waals surface area contributed by atoms with Crippen LogP contribution in [0.4, 0.5) is 15.8 Å². The van der Waals surface area contributed by atoms with Gasteiger partial charge in [-0.15, -0.1) is 0 Å². The summed E-state index contributed by atoms with van der Waals surface area (Å²) in [7, 11) is 0. The molecule has 2 N–H and O–H groups in total. The minimum Gasteiger partial charge on any atom is -0.492 e. The maximum Gasteiger partial charge on any atom is 0.303 e. The summed E-state index contributed by atoms with van der Waals surface area (Å²) in [6, 6.07) is 21.1. The maximum atomic E-state index is 14.3. The molecule has 0 unspecified atom stereocenters. The van der Waals surface area contributed by atoms with E-state index in [-0.39, 0.29) is 18.7 Å². The van der Waals surface area contributed by atoms with Crippen molar-refractivity contribution in [2.24, 2.45) is 0 Å². The van der Waals surface area contributed by atoms with Gasteiger partial charge in [-0.2, -0.15) is 0 Å². The lowest BCUT2D eigenvalue weighted by Gasteiger charge is -2.32. The zero-order valence-corrected chi connectivity index (χ0v) is 18.6. The first-order chi connectivity index (χ1) is 16.1. The summed E-state index contributed by atoms with van der Waals surface area (Å²) < 4.78 is 20.2. The Morgan fingerprint density at radius 3 is 2.70 bits per heavy atom. The third kappa shape index (κ3) is 6.04. The lowest BCUT2D eigenvalue weighted by atomic mass is 9.96. The van der Waals surface area contributed by atoms with Crippen LogP contribution in [-0.4, -0.2) is 30.8 Å². The van der Waals surface area contributed by atoms with Crippen LogP contribution in [0, 0.1) is 5.82 Å². The Morgan fingerprint density at radius 2 is 1.91 bits per heavy atom. The number of hydrogen-bond acceptors (Lipinski definition) is 4. The Balaban J connectivity index is 1.38. The number of carboxylic acid groups (broad SMARTS) is 1. The number of para-hydroxylation sites is 1. The number of anilines is 2. The molecule has 5 nitrogen and oxygen atoms in total. The lowest BCUT2D eigenvalue weighted by molar-refractivity contribution is -0.136. The van der Waals surface area contributed by atoms with E-state index < -0.39 is 5.97 Å². The van der Waals surface area contributed by atoms with Crippen molar-refractivity contribution in [1.29, 1.82) is 0 Å². The molecule has 0 amide bonds. The highest BCUT2D eigenvalue weighted by Crippen LogP contribution is 2.30. The number of benzene rings is 3. The highest BCUT2D eigenvalue weighted by molar-refractivity contribution is 5.67. The van der Waals surface area contributed by atoms with Gasteiger partial charge in [-0.3, -0.25) is 4.79 Å². The van der Waals surface area contributed by atoms with Gasteiger partial charge in [-0.05, 0) is 66.3 Å². The van der Waals surface area contributed by atoms with E-state index in [4.69, 9.17) is 9.84 Å². The van der Waals surface area contributed by atoms with Gasteiger partial charge < -0.3 is 20.1 Å². The Morgan fingerprint density at radius 1 is 1.06 bits per heavy atom. The van der Waals surface area contributed by atoms with Crippen molar-refractivity contribution in [3.05, 3.63) is 89.2 Å². The molecule has 0 radical (unpaired) electrons. The number of nitrogens with zero attached hydrogens (tertiary/aromatic N) is 1. The number of ether oxygens (including phenoxy) is 1. The monoisotopic (exact) mass is 448 g/mol. The topological polar surface area (TPSA) is 61.8 Å². The van der Waals surface area contributed by atoms with Crippen LogP contribution in [0.5, 0.6) is 5.75 Å². The third-order valence-corrected chi connectivity index (χ3v) is 5.96. The zero-order valence-electron chi connectivity index (χ0n) is 18.6. The molecule has 1 heterocycles. The van der Waals surface area contributed by atoms with E-state index >= 15 is 0 Å². The molecule has 0 aromatic heterocycles. The summed E-state index contributed by atoms with van der Waals surface area (Å²) in [5.74, 6) is -0.416. The second kappa shape index (κ2) is 10.9. The molecule has 0 spiro atoms. The van der Waals surface area contributed by atoms with Gasteiger partial charge >= 0.3 is 5.97 Å². The van der Waals surface area contributed by atoms with Gasteiger partial charge in [0, 0.05) is 30.9 Å². The van der Waals surface area contributed by atoms with Gasteiger partial charge in [0.1, 0.15) is 18.2 Å². The fourth-order valence-corrected chi connectivity index (χ4v) is 4.26. The summed E-state index contributed by atoms with van der Waals surface area (Å²) in [4.78, 5) is 13.1. The van der Waals surface area contributed by atoms with Gasteiger partial charge in [-0.1, -0.05) is 36.4 Å². The quantitative estimate of drug-likeness (QED) is 0.442. The van der Waals surface area contributed by atoms with Crippen LogP contribution < -0.4 is 15.0 Å². The number of halogens is 1. The average molecular weight is 449 g/mol. The van der Waals surface area contributed by atoms with Crippen molar-refractivity contribution in [3.63, 3.8) is 0 Å². The molecule has 33 heavy (non-hydrogen) atoms. The first-order valence-corrected chi connectivity index (χ1v) is 11.4. The van der Waals surface area contributed by atoms with Gasteiger partial charge in [0.05, 0.1) is 6.54 Å². The largest absolute Gasteiger partial charge is 0.492 e. The van der Waals surface area contributed by atoms with Crippen molar-refractivity contribution in [1.82, 2.24) is 0 Å². The second-order valence-corrected chi connectivity index (χ2v) is 8.22. The number of rotatable bonds is 10. The van der Waals surface area contributed by atoms with Crippen LogP contribution >= 0.6 is 0 Å². The summed E-state index contributed by atoms with van der Waals surface area (Å²) >= 11 is 0. The van der Waals surface area contributed by atoms with Crippen LogP contribution in [-0.2, 0) is 24.2 Å². The van der Waals surface area contributed by atoms with Gasteiger partial charge in [0.2, 0.25) is 0 Å². The number of aryl methyl sites for hydroxylation is 1. The van der Waals surface area contributed by atoms with E-state index in [2.05, 4.69) is 28.4 Å². The van der Waals surface area contributed by atoms with Crippen molar-refractivity contribution in [3.8, 4) is 5.75 Å². The lowest BCUT2D eigenvalue weighted by Crippen LogP contribution is -2.33. The molecule has 0 saturated carbocycles. The molecular weight excluding hydrogens is 419 g/mol. The Kier molecular flexibility index (Phi) is 7.45.